The molecule has 0 saturated heterocycles. The Morgan fingerprint density at radius 1 is 1.32 bits per heavy atom. The van der Waals surface area contributed by atoms with Crippen molar-refractivity contribution in [3.63, 3.8) is 0 Å². The molecule has 0 spiro atoms. The number of carbonyl (C=O) groups excluding carboxylic acids is 1. The summed E-state index contributed by atoms with van der Waals surface area (Å²) < 4.78 is 5.31. The van der Waals surface area contributed by atoms with Gasteiger partial charge < -0.3 is 20.5 Å². The molecule has 1 atom stereocenters. The molecule has 0 aromatic heterocycles. The lowest BCUT2D eigenvalue weighted by Gasteiger charge is -2.15. The van der Waals surface area contributed by atoms with Gasteiger partial charge in [-0.25, -0.2) is 4.79 Å². The molecule has 7 nitrogen and oxygen atoms in total. The molecular formula is C18H23N3O4. The van der Waals surface area contributed by atoms with E-state index in [-0.39, 0.29) is 11.5 Å². The Kier molecular flexibility index (Phi) is 8.00. The number of rotatable bonds is 9. The molecule has 0 radical (unpaired) electrons. The predicted octanol–water partition coefficient (Wildman–Crippen LogP) is 2.52. The van der Waals surface area contributed by atoms with E-state index in [1.807, 2.05) is 20.8 Å². The molecule has 1 aromatic carbocycles. The monoisotopic (exact) mass is 345 g/mol. The van der Waals surface area contributed by atoms with E-state index < -0.39 is 17.9 Å². The third kappa shape index (κ3) is 6.96. The number of ether oxygens (including phenoxy) is 1. The largest absolute Gasteiger partial charge is 0.494 e. The Morgan fingerprint density at radius 2 is 1.96 bits per heavy atom. The highest BCUT2D eigenvalue weighted by molar-refractivity contribution is 6.06. The fourth-order valence-electron chi connectivity index (χ4n) is 2.04. The van der Waals surface area contributed by atoms with E-state index in [0.717, 1.165) is 6.20 Å². The highest BCUT2D eigenvalue weighted by atomic mass is 16.5. The summed E-state index contributed by atoms with van der Waals surface area (Å²) in [6, 6.07) is 7.63. The number of anilines is 1. The van der Waals surface area contributed by atoms with Crippen molar-refractivity contribution in [1.29, 1.82) is 5.26 Å². The molecule has 0 heterocycles. The van der Waals surface area contributed by atoms with Crippen molar-refractivity contribution < 1.29 is 19.4 Å². The van der Waals surface area contributed by atoms with E-state index >= 15 is 0 Å². The second-order valence-electron chi connectivity index (χ2n) is 5.77. The minimum absolute atomic E-state index is 0.158. The lowest BCUT2D eigenvalue weighted by Crippen LogP contribution is -2.35. The third-order valence-corrected chi connectivity index (χ3v) is 3.22. The fourth-order valence-corrected chi connectivity index (χ4v) is 2.04. The number of aliphatic carboxylic acids is 1. The van der Waals surface area contributed by atoms with Crippen LogP contribution in [-0.4, -0.2) is 29.6 Å². The van der Waals surface area contributed by atoms with Crippen LogP contribution in [0, 0.1) is 17.2 Å². The van der Waals surface area contributed by atoms with E-state index in [0.29, 0.717) is 24.5 Å². The van der Waals surface area contributed by atoms with Gasteiger partial charge in [-0.05, 0) is 43.5 Å². The maximum absolute atomic E-state index is 12.1. The van der Waals surface area contributed by atoms with Crippen LogP contribution in [0.2, 0.25) is 0 Å². The lowest BCUT2D eigenvalue weighted by atomic mass is 10.0. The minimum Gasteiger partial charge on any atom is -0.494 e. The number of carboxylic acids is 1. The Morgan fingerprint density at radius 3 is 2.44 bits per heavy atom. The number of hydrogen-bond donors (Lipinski definition) is 3. The second-order valence-corrected chi connectivity index (χ2v) is 5.77. The van der Waals surface area contributed by atoms with Crippen molar-refractivity contribution in [2.45, 2.75) is 33.2 Å². The molecule has 1 amide bonds. The smallest absolute Gasteiger partial charge is 0.326 e. The number of benzene rings is 1. The number of nitrogens with one attached hydrogen (secondary N) is 2. The van der Waals surface area contributed by atoms with Crippen molar-refractivity contribution in [3.05, 3.63) is 36.0 Å². The average molecular weight is 345 g/mol. The van der Waals surface area contributed by atoms with Gasteiger partial charge in [-0.2, -0.15) is 5.26 Å². The quantitative estimate of drug-likeness (QED) is 0.468. The summed E-state index contributed by atoms with van der Waals surface area (Å²) in [5, 5.41) is 23.5. The molecule has 7 heteroatoms. The summed E-state index contributed by atoms with van der Waals surface area (Å²) >= 11 is 0. The van der Waals surface area contributed by atoms with E-state index in [2.05, 4.69) is 10.6 Å². The summed E-state index contributed by atoms with van der Waals surface area (Å²) in [4.78, 5) is 23.3. The molecule has 0 bridgehead atoms. The number of nitriles is 1. The Bertz CT molecular complexity index is 660. The van der Waals surface area contributed by atoms with Crippen molar-refractivity contribution in [1.82, 2.24) is 5.32 Å². The fraction of sp³-hybridized carbons (Fsp3) is 0.389. The van der Waals surface area contributed by atoms with Crippen LogP contribution in [-0.2, 0) is 9.59 Å². The zero-order valence-corrected chi connectivity index (χ0v) is 14.6. The lowest BCUT2D eigenvalue weighted by molar-refractivity contribution is -0.139. The van der Waals surface area contributed by atoms with Gasteiger partial charge in [0.25, 0.3) is 5.91 Å². The molecule has 0 aliphatic rings. The Balaban J connectivity index is 2.75. The summed E-state index contributed by atoms with van der Waals surface area (Å²) in [7, 11) is 0. The summed E-state index contributed by atoms with van der Waals surface area (Å²) in [5.41, 5.74) is 0.301. The van der Waals surface area contributed by atoms with Gasteiger partial charge in [0.1, 0.15) is 23.4 Å². The number of nitrogens with zero attached hydrogens (tertiary/aromatic N) is 1. The van der Waals surface area contributed by atoms with Crippen LogP contribution in [0.3, 0.4) is 0 Å². The predicted molar refractivity (Wildman–Crippen MR) is 94.0 cm³/mol. The van der Waals surface area contributed by atoms with Gasteiger partial charge in [0, 0.05) is 11.9 Å². The molecule has 0 aliphatic heterocycles. The Hall–Kier alpha value is -3.01. The zero-order chi connectivity index (χ0) is 18.8. The van der Waals surface area contributed by atoms with Gasteiger partial charge in [-0.15, -0.1) is 0 Å². The molecule has 0 aliphatic carbocycles. The van der Waals surface area contributed by atoms with Gasteiger partial charge in [-0.3, -0.25) is 4.79 Å². The van der Waals surface area contributed by atoms with Crippen LogP contribution in [0.25, 0.3) is 0 Å². The van der Waals surface area contributed by atoms with Crippen LogP contribution in [0.15, 0.2) is 36.0 Å². The van der Waals surface area contributed by atoms with Crippen molar-refractivity contribution in [2.24, 2.45) is 5.92 Å². The standard InChI is InChI=1S/C18H23N3O4/c1-4-25-15-7-5-14(6-8-15)21-17(22)13(10-19)11-20-16(18(23)24)9-12(2)3/h5-8,11-12,16,20H,4,9H2,1-3H3,(H,21,22)(H,23,24)/b13-11-. The molecule has 1 unspecified atom stereocenters. The first-order valence-corrected chi connectivity index (χ1v) is 8.00. The minimum atomic E-state index is -1.03. The SMILES string of the molecule is CCOc1ccc(NC(=O)/C(C#N)=C\NC(CC(C)C)C(=O)O)cc1. The number of amides is 1. The van der Waals surface area contributed by atoms with Crippen LogP contribution in [0.4, 0.5) is 5.69 Å². The first kappa shape index (κ1) is 20.0. The molecular weight excluding hydrogens is 322 g/mol. The number of hydrogen-bond acceptors (Lipinski definition) is 5. The van der Waals surface area contributed by atoms with Crippen molar-refractivity contribution in [3.8, 4) is 11.8 Å². The zero-order valence-electron chi connectivity index (χ0n) is 14.6. The van der Waals surface area contributed by atoms with E-state index in [1.54, 1.807) is 30.3 Å². The molecule has 0 fully saturated rings. The topological polar surface area (TPSA) is 111 Å². The molecule has 1 rings (SSSR count). The first-order valence-electron chi connectivity index (χ1n) is 8.00. The molecule has 134 valence electrons. The van der Waals surface area contributed by atoms with Crippen molar-refractivity contribution in [2.75, 3.05) is 11.9 Å². The summed E-state index contributed by atoms with van der Waals surface area (Å²) in [5.74, 6) is -0.816. The summed E-state index contributed by atoms with van der Waals surface area (Å²) in [6.45, 7) is 6.20. The normalized spacial score (nSPS) is 12.2. The maximum Gasteiger partial charge on any atom is 0.326 e. The van der Waals surface area contributed by atoms with Gasteiger partial charge in [0.15, 0.2) is 0 Å². The third-order valence-electron chi connectivity index (χ3n) is 3.22. The van der Waals surface area contributed by atoms with Crippen LogP contribution < -0.4 is 15.4 Å². The van der Waals surface area contributed by atoms with Crippen molar-refractivity contribution >= 4 is 17.6 Å². The molecule has 1 aromatic rings. The van der Waals surface area contributed by atoms with E-state index in [9.17, 15) is 9.59 Å². The van der Waals surface area contributed by atoms with Gasteiger partial charge in [0.05, 0.1) is 6.61 Å². The summed E-state index contributed by atoms with van der Waals surface area (Å²) in [6.07, 6.45) is 1.52. The van der Waals surface area contributed by atoms with Crippen LogP contribution in [0.5, 0.6) is 5.75 Å². The molecule has 0 saturated carbocycles. The van der Waals surface area contributed by atoms with Gasteiger partial charge >= 0.3 is 5.97 Å². The average Bonchev–Trinajstić information content (AvgIpc) is 2.55. The van der Waals surface area contributed by atoms with E-state index in [1.165, 1.54) is 0 Å². The van der Waals surface area contributed by atoms with Gasteiger partial charge in [0.2, 0.25) is 0 Å². The highest BCUT2D eigenvalue weighted by Crippen LogP contribution is 2.16. The Labute approximate surface area is 147 Å². The van der Waals surface area contributed by atoms with E-state index in [4.69, 9.17) is 15.1 Å². The maximum atomic E-state index is 12.1. The van der Waals surface area contributed by atoms with Crippen LogP contribution >= 0.6 is 0 Å². The van der Waals surface area contributed by atoms with Gasteiger partial charge in [-0.1, -0.05) is 13.8 Å². The second kappa shape index (κ2) is 9.98. The highest BCUT2D eigenvalue weighted by Gasteiger charge is 2.18. The number of carboxylic acid groups (broad SMARTS) is 1. The molecule has 3 N–H and O–H groups in total. The number of carbonyl (C=O) groups is 2. The van der Waals surface area contributed by atoms with Crippen LogP contribution in [0.1, 0.15) is 27.2 Å². The molecule has 25 heavy (non-hydrogen) atoms. The first-order chi connectivity index (χ1) is 11.9.